The molecule has 144 valence electrons. The maximum atomic E-state index is 11.0. The van der Waals surface area contributed by atoms with Crippen LogP contribution in [0.2, 0.25) is 0 Å². The molecule has 0 aliphatic rings. The van der Waals surface area contributed by atoms with E-state index in [1.165, 1.54) is 12.1 Å². The van der Waals surface area contributed by atoms with Gasteiger partial charge < -0.3 is 9.84 Å². The molecule has 0 aliphatic carbocycles. The molecule has 0 atom stereocenters. The highest BCUT2D eigenvalue weighted by atomic mass is 127. The highest BCUT2D eigenvalue weighted by Crippen LogP contribution is 2.28. The molecule has 0 saturated heterocycles. The van der Waals surface area contributed by atoms with Crippen molar-refractivity contribution in [2.75, 3.05) is 0 Å². The summed E-state index contributed by atoms with van der Waals surface area (Å²) in [6.45, 7) is 0.411. The number of ether oxygens (including phenoxy) is 1. The molecule has 1 N–H and O–H groups in total. The molecule has 0 fully saturated rings. The third-order valence-electron chi connectivity index (χ3n) is 4.14. The normalized spacial score (nSPS) is 11.0. The molecule has 29 heavy (non-hydrogen) atoms. The molecular formula is C23H15BrINO3. The van der Waals surface area contributed by atoms with Crippen molar-refractivity contribution in [2.24, 2.45) is 0 Å². The van der Waals surface area contributed by atoms with Gasteiger partial charge >= 0.3 is 5.97 Å². The molecule has 0 heterocycles. The summed E-state index contributed by atoms with van der Waals surface area (Å²) in [5.74, 6) is -0.348. The molecule has 3 rings (SSSR count). The molecule has 0 amide bonds. The lowest BCUT2D eigenvalue weighted by Crippen LogP contribution is -1.98. The van der Waals surface area contributed by atoms with Crippen LogP contribution < -0.4 is 4.74 Å². The van der Waals surface area contributed by atoms with Crippen LogP contribution in [0.3, 0.4) is 0 Å². The van der Waals surface area contributed by atoms with Gasteiger partial charge in [-0.15, -0.1) is 0 Å². The topological polar surface area (TPSA) is 70.3 Å². The summed E-state index contributed by atoms with van der Waals surface area (Å²) in [4.78, 5) is 11.0. The number of benzene rings is 3. The fourth-order valence-corrected chi connectivity index (χ4v) is 3.37. The largest absolute Gasteiger partial charge is 0.488 e. The molecule has 4 nitrogen and oxygen atoms in total. The van der Waals surface area contributed by atoms with E-state index in [1.54, 1.807) is 18.2 Å². The van der Waals surface area contributed by atoms with Gasteiger partial charge in [-0.3, -0.25) is 0 Å². The first kappa shape index (κ1) is 21.1. The van der Waals surface area contributed by atoms with Gasteiger partial charge in [0.25, 0.3) is 0 Å². The maximum Gasteiger partial charge on any atom is 0.335 e. The fourth-order valence-electron chi connectivity index (χ4n) is 2.63. The molecule has 0 aliphatic heterocycles. The lowest BCUT2D eigenvalue weighted by atomic mass is 10.0. The van der Waals surface area contributed by atoms with Gasteiger partial charge in [-0.05, 0) is 82.3 Å². The molecule has 6 heteroatoms. The number of rotatable bonds is 6. The van der Waals surface area contributed by atoms with E-state index in [2.05, 4.69) is 44.6 Å². The van der Waals surface area contributed by atoms with Gasteiger partial charge in [0.1, 0.15) is 12.4 Å². The molecule has 0 radical (unpaired) electrons. The third-order valence-corrected chi connectivity index (χ3v) is 5.35. The van der Waals surface area contributed by atoms with Crippen LogP contribution in [0.1, 0.15) is 27.0 Å². The number of hydrogen-bond acceptors (Lipinski definition) is 3. The number of carboxylic acid groups (broad SMARTS) is 1. The predicted octanol–water partition coefficient (Wildman–Crippen LogP) is 6.40. The number of allylic oxidation sites excluding steroid dienone is 1. The van der Waals surface area contributed by atoms with Crippen molar-refractivity contribution in [3.63, 3.8) is 0 Å². The molecule has 0 aromatic heterocycles. The van der Waals surface area contributed by atoms with E-state index < -0.39 is 5.97 Å². The molecule has 0 bridgehead atoms. The van der Waals surface area contributed by atoms with Crippen molar-refractivity contribution in [1.82, 2.24) is 0 Å². The number of halogens is 2. The second-order valence-electron chi connectivity index (χ2n) is 6.15. The van der Waals surface area contributed by atoms with Gasteiger partial charge in [0.2, 0.25) is 0 Å². The van der Waals surface area contributed by atoms with Crippen molar-refractivity contribution in [3.8, 4) is 11.8 Å². The first-order chi connectivity index (χ1) is 14.0. The van der Waals surface area contributed by atoms with E-state index in [-0.39, 0.29) is 5.56 Å². The Kier molecular flexibility index (Phi) is 7.07. The van der Waals surface area contributed by atoms with Crippen molar-refractivity contribution in [3.05, 3.63) is 97.0 Å². The average molecular weight is 560 g/mol. The zero-order chi connectivity index (χ0) is 20.8. The lowest BCUT2D eigenvalue weighted by Gasteiger charge is -2.11. The molecule has 0 saturated carbocycles. The van der Waals surface area contributed by atoms with Crippen LogP contribution in [0.15, 0.2) is 71.2 Å². The minimum absolute atomic E-state index is 0.176. The van der Waals surface area contributed by atoms with Crippen LogP contribution in [0, 0.1) is 14.9 Å². The number of aromatic carboxylic acids is 1. The van der Waals surface area contributed by atoms with E-state index in [0.29, 0.717) is 23.5 Å². The SMILES string of the molecule is N#C/C(=C/c1cc(Br)ccc1OCc1ccc(I)cc1)c1ccc(C(=O)O)cc1. The van der Waals surface area contributed by atoms with Crippen LogP contribution in [-0.2, 0) is 6.61 Å². The summed E-state index contributed by atoms with van der Waals surface area (Å²) in [6.07, 6.45) is 1.74. The number of carboxylic acids is 1. The Balaban J connectivity index is 1.89. The number of hydrogen-bond donors (Lipinski definition) is 1. The Morgan fingerprint density at radius 2 is 1.72 bits per heavy atom. The molecule has 3 aromatic carbocycles. The fraction of sp³-hybridized carbons (Fsp3) is 0.0435. The standard InChI is InChI=1S/C23H15BrINO3/c24-20-7-10-22(29-14-15-1-8-21(25)9-2-15)18(12-20)11-19(13-26)16-3-5-17(6-4-16)23(27)28/h1-12H,14H2,(H,27,28)/b19-11-. The predicted molar refractivity (Wildman–Crippen MR) is 125 cm³/mol. The Labute approximate surface area is 190 Å². The molecule has 0 unspecified atom stereocenters. The summed E-state index contributed by atoms with van der Waals surface area (Å²) in [5.41, 5.74) is 3.03. The van der Waals surface area contributed by atoms with E-state index in [0.717, 1.165) is 19.2 Å². The Bertz CT molecular complexity index is 1100. The highest BCUT2D eigenvalue weighted by Gasteiger charge is 2.09. The van der Waals surface area contributed by atoms with Crippen LogP contribution in [0.25, 0.3) is 11.6 Å². The summed E-state index contributed by atoms with van der Waals surface area (Å²) in [5, 5.41) is 18.7. The Morgan fingerprint density at radius 3 is 2.34 bits per heavy atom. The van der Waals surface area contributed by atoms with Gasteiger partial charge in [-0.1, -0.05) is 40.2 Å². The van der Waals surface area contributed by atoms with Gasteiger partial charge in [0.05, 0.1) is 17.2 Å². The van der Waals surface area contributed by atoms with Crippen molar-refractivity contribution >= 4 is 56.1 Å². The van der Waals surface area contributed by atoms with Crippen LogP contribution in [-0.4, -0.2) is 11.1 Å². The lowest BCUT2D eigenvalue weighted by molar-refractivity contribution is 0.0697. The second-order valence-corrected chi connectivity index (χ2v) is 8.31. The molecule has 3 aromatic rings. The van der Waals surface area contributed by atoms with E-state index >= 15 is 0 Å². The number of nitriles is 1. The van der Waals surface area contributed by atoms with Crippen molar-refractivity contribution in [2.45, 2.75) is 6.61 Å². The minimum atomic E-state index is -1.00. The van der Waals surface area contributed by atoms with Crippen molar-refractivity contribution in [1.29, 1.82) is 5.26 Å². The second kappa shape index (κ2) is 9.72. The third kappa shape index (κ3) is 5.68. The van der Waals surface area contributed by atoms with Crippen LogP contribution >= 0.6 is 38.5 Å². The number of carbonyl (C=O) groups is 1. The van der Waals surface area contributed by atoms with E-state index in [9.17, 15) is 10.1 Å². The Morgan fingerprint density at radius 1 is 1.07 bits per heavy atom. The maximum absolute atomic E-state index is 11.0. The zero-order valence-electron chi connectivity index (χ0n) is 15.1. The minimum Gasteiger partial charge on any atom is -0.488 e. The first-order valence-electron chi connectivity index (χ1n) is 8.58. The highest BCUT2D eigenvalue weighted by molar-refractivity contribution is 14.1. The van der Waals surface area contributed by atoms with E-state index in [1.807, 2.05) is 42.5 Å². The summed E-state index contributed by atoms with van der Waals surface area (Å²) in [7, 11) is 0. The van der Waals surface area contributed by atoms with Gasteiger partial charge in [-0.2, -0.15) is 5.26 Å². The molecular weight excluding hydrogens is 545 g/mol. The first-order valence-corrected chi connectivity index (χ1v) is 10.5. The Hall–Kier alpha value is -2.63. The monoisotopic (exact) mass is 559 g/mol. The van der Waals surface area contributed by atoms with E-state index in [4.69, 9.17) is 9.84 Å². The quantitative estimate of drug-likeness (QED) is 0.216. The molecule has 0 spiro atoms. The van der Waals surface area contributed by atoms with Gasteiger partial charge in [0, 0.05) is 13.6 Å². The smallest absolute Gasteiger partial charge is 0.335 e. The summed E-state index contributed by atoms with van der Waals surface area (Å²) in [6, 6.07) is 22.1. The summed E-state index contributed by atoms with van der Waals surface area (Å²) >= 11 is 5.72. The van der Waals surface area contributed by atoms with Gasteiger partial charge in [0.15, 0.2) is 0 Å². The van der Waals surface area contributed by atoms with Crippen LogP contribution in [0.4, 0.5) is 0 Å². The number of nitrogens with zero attached hydrogens (tertiary/aromatic N) is 1. The van der Waals surface area contributed by atoms with Crippen molar-refractivity contribution < 1.29 is 14.6 Å². The summed E-state index contributed by atoms with van der Waals surface area (Å²) < 4.78 is 8.02. The zero-order valence-corrected chi connectivity index (χ0v) is 18.8. The van der Waals surface area contributed by atoms with Crippen LogP contribution in [0.5, 0.6) is 5.75 Å². The van der Waals surface area contributed by atoms with Gasteiger partial charge in [-0.25, -0.2) is 4.79 Å². The average Bonchev–Trinajstić information content (AvgIpc) is 2.72.